The Balaban J connectivity index is 2.42. The van der Waals surface area contributed by atoms with Crippen LogP contribution < -0.4 is 8.85 Å². The van der Waals surface area contributed by atoms with Gasteiger partial charge in [-0.05, 0) is 84.5 Å². The van der Waals surface area contributed by atoms with Crippen molar-refractivity contribution in [1.29, 1.82) is 0 Å². The molecule has 2 rings (SSSR count). The fourth-order valence-electron chi connectivity index (χ4n) is 3.06. The van der Waals surface area contributed by atoms with Crippen LogP contribution in [0.5, 0.6) is 11.5 Å². The van der Waals surface area contributed by atoms with Gasteiger partial charge in [0.15, 0.2) is 0 Å². The highest BCUT2D eigenvalue weighted by Crippen LogP contribution is 2.41. The number of hydrogen-bond acceptors (Lipinski definition) is 4. The van der Waals surface area contributed by atoms with Crippen molar-refractivity contribution < 1.29 is 18.4 Å². The van der Waals surface area contributed by atoms with Crippen LogP contribution >= 0.6 is 15.9 Å². The van der Waals surface area contributed by atoms with Gasteiger partial charge in [-0.3, -0.25) is 0 Å². The first-order chi connectivity index (χ1) is 15.9. The Kier molecular flexibility index (Phi) is 9.16. The number of carbonyl (C=O) groups is 1. The van der Waals surface area contributed by atoms with Crippen LogP contribution in [-0.4, -0.2) is 29.7 Å². The Morgan fingerprint density at radius 3 is 1.89 bits per heavy atom. The molecule has 0 aliphatic heterocycles. The normalized spacial score (nSPS) is 12.9. The van der Waals surface area contributed by atoms with Crippen molar-refractivity contribution in [1.82, 2.24) is 0 Å². The third-order valence-corrected chi connectivity index (χ3v) is 17.0. The maximum atomic E-state index is 12.0. The van der Waals surface area contributed by atoms with Crippen LogP contribution in [-0.2, 0) is 17.6 Å². The van der Waals surface area contributed by atoms with E-state index in [0.29, 0.717) is 5.56 Å². The van der Waals surface area contributed by atoms with Gasteiger partial charge in [0.05, 0.1) is 12.7 Å². The smallest absolute Gasteiger partial charge is 0.337 e. The SMILES string of the molecule is COC(=O)c1ccc(Br)c(CCc2ccc(O[Si](C)(C)C(C)(C)C)cc2O[Si](C)(C)C(C)(C)C)c1. The fraction of sp³-hybridized carbons (Fsp3) is 0.536. The second-order valence-electron chi connectivity index (χ2n) is 12.3. The van der Waals surface area contributed by atoms with Crippen molar-refractivity contribution in [3.8, 4) is 11.5 Å². The third-order valence-electron chi connectivity index (χ3n) is 7.52. The second kappa shape index (κ2) is 10.8. The predicted octanol–water partition coefficient (Wildman–Crippen LogP) is 8.79. The number of halogens is 1. The molecular formula is C28H43BrO4Si2. The monoisotopic (exact) mass is 578 g/mol. The molecule has 0 unspecified atom stereocenters. The van der Waals surface area contributed by atoms with Crippen molar-refractivity contribution >= 4 is 38.5 Å². The number of methoxy groups -OCH3 is 1. The molecule has 35 heavy (non-hydrogen) atoms. The molecule has 0 saturated heterocycles. The molecule has 0 fully saturated rings. The summed E-state index contributed by atoms with van der Waals surface area (Å²) in [6.07, 6.45) is 1.55. The number of esters is 1. The highest BCUT2D eigenvalue weighted by atomic mass is 79.9. The summed E-state index contributed by atoms with van der Waals surface area (Å²) in [5, 5.41) is 0.196. The van der Waals surface area contributed by atoms with Crippen LogP contribution in [0, 0.1) is 0 Å². The van der Waals surface area contributed by atoms with Gasteiger partial charge in [0.2, 0.25) is 16.6 Å². The summed E-state index contributed by atoms with van der Waals surface area (Å²) in [6.45, 7) is 22.6. The van der Waals surface area contributed by atoms with Crippen molar-refractivity contribution in [3.05, 3.63) is 57.6 Å². The minimum atomic E-state index is -2.06. The van der Waals surface area contributed by atoms with Gasteiger partial charge in [0.25, 0.3) is 0 Å². The largest absolute Gasteiger partial charge is 0.543 e. The van der Waals surface area contributed by atoms with Gasteiger partial charge < -0.3 is 13.6 Å². The molecule has 0 aliphatic rings. The molecule has 0 aromatic heterocycles. The molecule has 0 spiro atoms. The van der Waals surface area contributed by atoms with E-state index in [1.54, 1.807) is 6.07 Å². The number of aryl methyl sites for hydroxylation is 2. The van der Waals surface area contributed by atoms with Crippen molar-refractivity contribution in [3.63, 3.8) is 0 Å². The molecule has 0 atom stereocenters. The van der Waals surface area contributed by atoms with Gasteiger partial charge in [-0.1, -0.05) is 63.5 Å². The summed E-state index contributed by atoms with van der Waals surface area (Å²) in [4.78, 5) is 12.0. The lowest BCUT2D eigenvalue weighted by Crippen LogP contribution is -2.44. The Morgan fingerprint density at radius 2 is 1.34 bits per heavy atom. The van der Waals surface area contributed by atoms with E-state index in [9.17, 15) is 4.79 Å². The van der Waals surface area contributed by atoms with Gasteiger partial charge in [0.1, 0.15) is 11.5 Å². The first kappa shape index (κ1) is 29.7. The molecule has 194 valence electrons. The maximum absolute atomic E-state index is 12.0. The Bertz CT molecular complexity index is 1050. The van der Waals surface area contributed by atoms with Gasteiger partial charge >= 0.3 is 5.97 Å². The molecular weight excluding hydrogens is 536 g/mol. The summed E-state index contributed by atoms with van der Waals surface area (Å²) < 4.78 is 19.3. The molecule has 4 nitrogen and oxygen atoms in total. The summed E-state index contributed by atoms with van der Waals surface area (Å²) in [5.41, 5.74) is 2.77. The van der Waals surface area contributed by atoms with Crippen molar-refractivity contribution in [2.24, 2.45) is 0 Å². The molecule has 0 radical (unpaired) electrons. The van der Waals surface area contributed by atoms with E-state index in [0.717, 1.165) is 39.9 Å². The Hall–Kier alpha value is -1.58. The minimum Gasteiger partial charge on any atom is -0.543 e. The number of carbonyl (C=O) groups excluding carboxylic acids is 1. The highest BCUT2D eigenvalue weighted by Gasteiger charge is 2.41. The lowest BCUT2D eigenvalue weighted by molar-refractivity contribution is 0.0600. The van der Waals surface area contributed by atoms with E-state index in [2.05, 4.69) is 102 Å². The predicted molar refractivity (Wildman–Crippen MR) is 155 cm³/mol. The molecule has 0 N–H and O–H groups in total. The van der Waals surface area contributed by atoms with Gasteiger partial charge in [-0.25, -0.2) is 4.79 Å². The summed E-state index contributed by atoms with van der Waals surface area (Å²) >= 11 is 3.64. The molecule has 0 amide bonds. The van der Waals surface area contributed by atoms with Crippen LogP contribution in [0.4, 0.5) is 0 Å². The van der Waals surface area contributed by atoms with Crippen molar-refractivity contribution in [2.45, 2.75) is 90.6 Å². The van der Waals surface area contributed by atoms with Crippen LogP contribution in [0.1, 0.15) is 63.0 Å². The van der Waals surface area contributed by atoms with Crippen LogP contribution in [0.25, 0.3) is 0 Å². The van der Waals surface area contributed by atoms with Crippen LogP contribution in [0.3, 0.4) is 0 Å². The fourth-order valence-corrected chi connectivity index (χ4v) is 5.57. The number of hydrogen-bond donors (Lipinski definition) is 0. The standard InChI is InChI=1S/C28H43BrO4Si2/c1-27(2,3)34(8,9)32-23-16-14-20(25(19-23)33-35(10,11)28(4,5)6)12-13-21-18-22(26(30)31-7)15-17-24(21)29/h14-19H,12-13H2,1-11H3. The van der Waals surface area contributed by atoms with Crippen molar-refractivity contribution in [2.75, 3.05) is 7.11 Å². The molecule has 2 aromatic rings. The zero-order valence-electron chi connectivity index (χ0n) is 23.4. The molecule has 0 aliphatic carbocycles. The van der Waals surface area contributed by atoms with Crippen LogP contribution in [0.2, 0.25) is 36.3 Å². The van der Waals surface area contributed by atoms with E-state index in [4.69, 9.17) is 13.6 Å². The highest BCUT2D eigenvalue weighted by molar-refractivity contribution is 9.10. The van der Waals surface area contributed by atoms with E-state index < -0.39 is 16.6 Å². The zero-order chi connectivity index (χ0) is 26.8. The average Bonchev–Trinajstić information content (AvgIpc) is 2.71. The van der Waals surface area contributed by atoms with Gasteiger partial charge in [-0.15, -0.1) is 0 Å². The summed E-state index contributed by atoms with van der Waals surface area (Å²) in [5.74, 6) is 1.46. The van der Waals surface area contributed by atoms with E-state index in [1.807, 2.05) is 12.1 Å². The average molecular weight is 580 g/mol. The number of rotatable bonds is 8. The number of benzene rings is 2. The molecule has 0 heterocycles. The minimum absolute atomic E-state index is 0.0818. The first-order valence-corrected chi connectivity index (χ1v) is 18.9. The Morgan fingerprint density at radius 1 is 0.800 bits per heavy atom. The summed E-state index contributed by atoms with van der Waals surface area (Å²) in [7, 11) is -2.63. The van der Waals surface area contributed by atoms with Gasteiger partial charge in [-0.2, -0.15) is 0 Å². The maximum Gasteiger partial charge on any atom is 0.337 e. The van der Waals surface area contributed by atoms with Crippen LogP contribution in [0.15, 0.2) is 40.9 Å². The molecule has 0 saturated carbocycles. The van der Waals surface area contributed by atoms with E-state index >= 15 is 0 Å². The van der Waals surface area contributed by atoms with E-state index in [-0.39, 0.29) is 16.0 Å². The summed E-state index contributed by atoms with van der Waals surface area (Å²) in [6, 6.07) is 11.9. The quantitative estimate of drug-likeness (QED) is 0.232. The Labute approximate surface area is 223 Å². The zero-order valence-corrected chi connectivity index (χ0v) is 27.0. The molecule has 0 bridgehead atoms. The molecule has 7 heteroatoms. The second-order valence-corrected chi connectivity index (χ2v) is 22.6. The lowest BCUT2D eigenvalue weighted by atomic mass is 10.0. The number of ether oxygens (including phenoxy) is 1. The van der Waals surface area contributed by atoms with Gasteiger partial charge in [0, 0.05) is 10.5 Å². The lowest BCUT2D eigenvalue weighted by Gasteiger charge is -2.38. The third kappa shape index (κ3) is 7.46. The topological polar surface area (TPSA) is 44.8 Å². The first-order valence-electron chi connectivity index (χ1n) is 12.3. The molecule has 2 aromatic carbocycles. The van der Waals surface area contributed by atoms with E-state index in [1.165, 1.54) is 7.11 Å².